The number of carbonyl (C=O) groups is 2. The van der Waals surface area contributed by atoms with E-state index in [-0.39, 0.29) is 18.5 Å². The van der Waals surface area contributed by atoms with E-state index in [2.05, 4.69) is 30.9 Å². The second kappa shape index (κ2) is 9.51. The topological polar surface area (TPSA) is 56.3 Å². The second-order valence-corrected chi connectivity index (χ2v) is 8.67. The third kappa shape index (κ3) is 4.66. The fourth-order valence-electron chi connectivity index (χ4n) is 4.28. The van der Waals surface area contributed by atoms with Crippen LogP contribution in [0.5, 0.6) is 5.75 Å². The number of methoxy groups -OCH3 is 1. The molecule has 2 saturated heterocycles. The highest BCUT2D eigenvalue weighted by atomic mass is 16.5. The van der Waals surface area contributed by atoms with Crippen molar-refractivity contribution in [2.75, 3.05) is 62.7 Å². The van der Waals surface area contributed by atoms with Crippen molar-refractivity contribution >= 4 is 23.3 Å². The molecule has 0 unspecified atom stereocenters. The molecule has 0 aromatic heterocycles. The Hall–Kier alpha value is -3.22. The summed E-state index contributed by atoms with van der Waals surface area (Å²) in [6.07, 6.45) is 0. The first-order valence-corrected chi connectivity index (χ1v) is 11.3. The number of urea groups is 1. The number of nitrogens with zero attached hydrogens (tertiary/aromatic N) is 4. The standard InChI is InChI=1S/C25H32N4O3/c1-19(2)20-4-6-22(7-5-20)29-17-16-28(25(29)31)18-24(30)27-14-12-26(13-15-27)21-8-10-23(32-3)11-9-21/h4-11,19H,12-18H2,1-3H3. The van der Waals surface area contributed by atoms with Crippen molar-refractivity contribution in [3.63, 3.8) is 0 Å². The first kappa shape index (κ1) is 22.0. The maximum absolute atomic E-state index is 12.9. The average molecular weight is 437 g/mol. The summed E-state index contributed by atoms with van der Waals surface area (Å²) in [5, 5.41) is 0. The fourth-order valence-corrected chi connectivity index (χ4v) is 4.28. The van der Waals surface area contributed by atoms with Crippen LogP contribution in [0.15, 0.2) is 48.5 Å². The van der Waals surface area contributed by atoms with Crippen LogP contribution in [-0.4, -0.2) is 74.7 Å². The van der Waals surface area contributed by atoms with Crippen LogP contribution in [0.2, 0.25) is 0 Å². The van der Waals surface area contributed by atoms with Gasteiger partial charge in [-0.2, -0.15) is 0 Å². The minimum atomic E-state index is -0.0903. The third-order valence-electron chi connectivity index (χ3n) is 6.36. The van der Waals surface area contributed by atoms with Gasteiger partial charge < -0.3 is 19.4 Å². The number of hydrogen-bond acceptors (Lipinski definition) is 4. The van der Waals surface area contributed by atoms with Gasteiger partial charge >= 0.3 is 6.03 Å². The van der Waals surface area contributed by atoms with Crippen LogP contribution in [0.1, 0.15) is 25.3 Å². The molecule has 2 fully saturated rings. The summed E-state index contributed by atoms with van der Waals surface area (Å²) < 4.78 is 5.22. The summed E-state index contributed by atoms with van der Waals surface area (Å²) >= 11 is 0. The van der Waals surface area contributed by atoms with Crippen LogP contribution in [0.3, 0.4) is 0 Å². The lowest BCUT2D eigenvalue weighted by Gasteiger charge is -2.36. The molecule has 0 aliphatic carbocycles. The summed E-state index contributed by atoms with van der Waals surface area (Å²) in [4.78, 5) is 33.3. The molecule has 2 aliphatic heterocycles. The van der Waals surface area contributed by atoms with Gasteiger partial charge in [0.1, 0.15) is 12.3 Å². The lowest BCUT2D eigenvalue weighted by Crippen LogP contribution is -2.51. The van der Waals surface area contributed by atoms with Crippen molar-refractivity contribution in [1.82, 2.24) is 9.80 Å². The molecule has 0 spiro atoms. The lowest BCUT2D eigenvalue weighted by molar-refractivity contribution is -0.131. The Balaban J connectivity index is 1.29. The lowest BCUT2D eigenvalue weighted by atomic mass is 10.0. The minimum absolute atomic E-state index is 0.0183. The predicted octanol–water partition coefficient (Wildman–Crippen LogP) is 3.41. The van der Waals surface area contributed by atoms with Crippen LogP contribution >= 0.6 is 0 Å². The van der Waals surface area contributed by atoms with Gasteiger partial charge in [-0.1, -0.05) is 26.0 Å². The zero-order chi connectivity index (χ0) is 22.7. The fraction of sp³-hybridized carbons (Fsp3) is 0.440. The van der Waals surface area contributed by atoms with E-state index in [0.717, 1.165) is 30.2 Å². The SMILES string of the molecule is COc1ccc(N2CCN(C(=O)CN3CCN(c4ccc(C(C)C)cc4)C3=O)CC2)cc1. The minimum Gasteiger partial charge on any atom is -0.497 e. The molecule has 2 aromatic rings. The van der Waals surface area contributed by atoms with Gasteiger partial charge in [-0.3, -0.25) is 9.69 Å². The van der Waals surface area contributed by atoms with E-state index in [9.17, 15) is 9.59 Å². The second-order valence-electron chi connectivity index (χ2n) is 8.67. The average Bonchev–Trinajstić information content (AvgIpc) is 3.19. The first-order valence-electron chi connectivity index (χ1n) is 11.3. The van der Waals surface area contributed by atoms with Crippen LogP contribution in [0.4, 0.5) is 16.2 Å². The van der Waals surface area contributed by atoms with Crippen LogP contribution < -0.4 is 14.5 Å². The van der Waals surface area contributed by atoms with E-state index in [1.807, 2.05) is 41.3 Å². The molecule has 170 valence electrons. The molecule has 7 heteroatoms. The highest BCUT2D eigenvalue weighted by Crippen LogP contribution is 2.24. The van der Waals surface area contributed by atoms with Crippen molar-refractivity contribution in [3.8, 4) is 5.75 Å². The van der Waals surface area contributed by atoms with E-state index in [1.165, 1.54) is 5.56 Å². The van der Waals surface area contributed by atoms with Gasteiger partial charge in [-0.25, -0.2) is 4.79 Å². The summed E-state index contributed by atoms with van der Waals surface area (Å²) in [7, 11) is 1.66. The summed E-state index contributed by atoms with van der Waals surface area (Å²) in [6, 6.07) is 16.0. The van der Waals surface area contributed by atoms with E-state index < -0.39 is 0 Å². The highest BCUT2D eigenvalue weighted by molar-refractivity contribution is 5.96. The first-order chi connectivity index (χ1) is 15.5. The normalized spacial score (nSPS) is 16.8. The molecule has 0 radical (unpaired) electrons. The molecule has 0 atom stereocenters. The number of rotatable bonds is 6. The highest BCUT2D eigenvalue weighted by Gasteiger charge is 2.32. The zero-order valence-electron chi connectivity index (χ0n) is 19.2. The molecule has 7 nitrogen and oxygen atoms in total. The van der Waals surface area contributed by atoms with E-state index >= 15 is 0 Å². The molecule has 2 aliphatic rings. The third-order valence-corrected chi connectivity index (χ3v) is 6.36. The Morgan fingerprint density at radius 3 is 2.09 bits per heavy atom. The van der Waals surface area contributed by atoms with Crippen molar-refractivity contribution in [3.05, 3.63) is 54.1 Å². The molecule has 3 amide bonds. The largest absolute Gasteiger partial charge is 0.497 e. The number of piperazine rings is 1. The van der Waals surface area contributed by atoms with Crippen molar-refractivity contribution in [2.24, 2.45) is 0 Å². The number of anilines is 2. The zero-order valence-corrected chi connectivity index (χ0v) is 19.2. The molecule has 32 heavy (non-hydrogen) atoms. The van der Waals surface area contributed by atoms with Gasteiger partial charge in [-0.15, -0.1) is 0 Å². The summed E-state index contributed by atoms with van der Waals surface area (Å²) in [6.45, 7) is 8.50. The maximum atomic E-state index is 12.9. The van der Waals surface area contributed by atoms with Gasteiger partial charge in [0, 0.05) is 50.6 Å². The van der Waals surface area contributed by atoms with E-state index in [1.54, 1.807) is 16.9 Å². The van der Waals surface area contributed by atoms with Gasteiger partial charge in [0.25, 0.3) is 0 Å². The molecule has 2 heterocycles. The van der Waals surface area contributed by atoms with Crippen molar-refractivity contribution in [2.45, 2.75) is 19.8 Å². The van der Waals surface area contributed by atoms with E-state index in [4.69, 9.17) is 4.74 Å². The summed E-state index contributed by atoms with van der Waals surface area (Å²) in [5.41, 5.74) is 3.27. The molecule has 0 saturated carbocycles. The Morgan fingerprint density at radius 1 is 0.875 bits per heavy atom. The number of benzene rings is 2. The van der Waals surface area contributed by atoms with Crippen LogP contribution in [0, 0.1) is 0 Å². The summed E-state index contributed by atoms with van der Waals surface area (Å²) in [5.74, 6) is 1.31. The number of ether oxygens (including phenoxy) is 1. The molecule has 2 aromatic carbocycles. The van der Waals surface area contributed by atoms with Gasteiger partial charge in [0.2, 0.25) is 5.91 Å². The molecular weight excluding hydrogens is 404 g/mol. The number of amides is 3. The maximum Gasteiger partial charge on any atom is 0.325 e. The van der Waals surface area contributed by atoms with Gasteiger partial charge in [0.15, 0.2) is 0 Å². The van der Waals surface area contributed by atoms with Gasteiger partial charge in [0.05, 0.1) is 7.11 Å². The van der Waals surface area contributed by atoms with Crippen molar-refractivity contribution < 1.29 is 14.3 Å². The van der Waals surface area contributed by atoms with Crippen LogP contribution in [-0.2, 0) is 4.79 Å². The molecular formula is C25H32N4O3. The Labute approximate surface area is 190 Å². The smallest absolute Gasteiger partial charge is 0.325 e. The molecule has 4 rings (SSSR count). The number of hydrogen-bond donors (Lipinski definition) is 0. The monoisotopic (exact) mass is 436 g/mol. The van der Waals surface area contributed by atoms with Gasteiger partial charge in [-0.05, 0) is 47.9 Å². The number of carbonyl (C=O) groups excluding carboxylic acids is 2. The van der Waals surface area contributed by atoms with Crippen molar-refractivity contribution in [1.29, 1.82) is 0 Å². The predicted molar refractivity (Wildman–Crippen MR) is 127 cm³/mol. The van der Waals surface area contributed by atoms with E-state index in [0.29, 0.717) is 32.1 Å². The Morgan fingerprint density at radius 2 is 1.50 bits per heavy atom. The quantitative estimate of drug-likeness (QED) is 0.696. The Kier molecular flexibility index (Phi) is 6.53. The Bertz CT molecular complexity index is 935. The van der Waals surface area contributed by atoms with Crippen LogP contribution in [0.25, 0.3) is 0 Å². The molecule has 0 bridgehead atoms. The molecule has 0 N–H and O–H groups in total.